The average Bonchev–Trinajstić information content (AvgIpc) is 3.47. The van der Waals surface area contributed by atoms with Gasteiger partial charge < -0.3 is 14.5 Å². The van der Waals surface area contributed by atoms with Crippen LogP contribution in [0.4, 0.5) is 0 Å². The number of carbonyl (C=O) groups is 1. The Bertz CT molecular complexity index is 1280. The molecule has 1 atom stereocenters. The van der Waals surface area contributed by atoms with Gasteiger partial charge in [-0.05, 0) is 54.8 Å². The molecule has 1 aliphatic heterocycles. The number of amides is 1. The molecule has 7 nitrogen and oxygen atoms in total. The first-order chi connectivity index (χ1) is 14.7. The van der Waals surface area contributed by atoms with Gasteiger partial charge in [-0.2, -0.15) is 0 Å². The molecule has 1 aromatic carbocycles. The van der Waals surface area contributed by atoms with Gasteiger partial charge in [0, 0.05) is 31.1 Å². The summed E-state index contributed by atoms with van der Waals surface area (Å²) in [5.74, 6) is -0.135. The zero-order valence-corrected chi connectivity index (χ0v) is 16.5. The Balaban J connectivity index is 1.45. The smallest absolute Gasteiger partial charge is 0.276 e. The first-order valence-corrected chi connectivity index (χ1v) is 10.1. The fraction of sp³-hybridized carbons (Fsp3) is 0.261. The Hall–Kier alpha value is -3.45. The number of pyridine rings is 1. The average molecular weight is 402 g/mol. The van der Waals surface area contributed by atoms with E-state index in [4.69, 9.17) is 4.74 Å². The highest BCUT2D eigenvalue weighted by Gasteiger charge is 2.17. The maximum Gasteiger partial charge on any atom is 0.276 e. The summed E-state index contributed by atoms with van der Waals surface area (Å²) in [5, 5.41) is 2.95. The van der Waals surface area contributed by atoms with Crippen molar-refractivity contribution in [2.24, 2.45) is 0 Å². The van der Waals surface area contributed by atoms with Gasteiger partial charge in [0.15, 0.2) is 5.65 Å². The number of nitrogens with one attached hydrogen (secondary N) is 1. The number of nitrogens with zero attached hydrogens (tertiary/aromatic N) is 3. The molecule has 152 valence electrons. The van der Waals surface area contributed by atoms with E-state index in [1.807, 2.05) is 47.0 Å². The lowest BCUT2D eigenvalue weighted by Crippen LogP contribution is -2.31. The van der Waals surface area contributed by atoms with Gasteiger partial charge in [0.1, 0.15) is 5.52 Å². The highest BCUT2D eigenvalue weighted by molar-refractivity contribution is 5.94. The van der Waals surface area contributed by atoms with Crippen LogP contribution in [0.2, 0.25) is 0 Å². The van der Waals surface area contributed by atoms with Gasteiger partial charge in [0.05, 0.1) is 18.2 Å². The predicted octanol–water partition coefficient (Wildman–Crippen LogP) is 2.61. The molecule has 7 heteroatoms. The molecule has 4 heterocycles. The number of hydrogen-bond donors (Lipinski definition) is 1. The topological polar surface area (TPSA) is 77.6 Å². The van der Waals surface area contributed by atoms with Crippen LogP contribution in [0.15, 0.2) is 65.7 Å². The highest BCUT2D eigenvalue weighted by Crippen LogP contribution is 2.15. The van der Waals surface area contributed by atoms with Crippen LogP contribution in [0, 0.1) is 0 Å². The summed E-state index contributed by atoms with van der Waals surface area (Å²) in [6, 6.07) is 14.8. The minimum absolute atomic E-state index is 0.0990. The van der Waals surface area contributed by atoms with E-state index in [0.717, 1.165) is 30.5 Å². The van der Waals surface area contributed by atoms with E-state index in [0.29, 0.717) is 29.8 Å². The Morgan fingerprint density at radius 2 is 2.07 bits per heavy atom. The van der Waals surface area contributed by atoms with Crippen molar-refractivity contribution in [1.29, 1.82) is 0 Å². The molecule has 5 rings (SSSR count). The van der Waals surface area contributed by atoms with Gasteiger partial charge >= 0.3 is 0 Å². The van der Waals surface area contributed by atoms with Crippen molar-refractivity contribution < 1.29 is 9.53 Å². The van der Waals surface area contributed by atoms with Crippen molar-refractivity contribution in [2.45, 2.75) is 25.5 Å². The molecule has 1 fully saturated rings. The van der Waals surface area contributed by atoms with Crippen LogP contribution in [-0.2, 0) is 11.3 Å². The summed E-state index contributed by atoms with van der Waals surface area (Å²) in [6.45, 7) is 1.61. The van der Waals surface area contributed by atoms with Crippen molar-refractivity contribution in [2.75, 3.05) is 13.2 Å². The monoisotopic (exact) mass is 402 g/mol. The van der Waals surface area contributed by atoms with Crippen LogP contribution in [0.3, 0.4) is 0 Å². The van der Waals surface area contributed by atoms with Crippen LogP contribution in [-0.4, -0.2) is 39.1 Å². The largest absolute Gasteiger partial charge is 0.376 e. The first-order valence-electron chi connectivity index (χ1n) is 10.1. The lowest BCUT2D eigenvalue weighted by molar-refractivity contribution is 0.0857. The molecule has 1 amide bonds. The maximum atomic E-state index is 13.1. The molecule has 1 N–H and O–H groups in total. The first kappa shape index (κ1) is 18.6. The summed E-state index contributed by atoms with van der Waals surface area (Å²) >= 11 is 0. The standard InChI is InChI=1S/C23H22N4O3/c28-22(25-14-18-7-4-12-30-18)17-6-1-5-16(13-17)15-27-21-19(8-2-10-24-21)26-11-3-9-20(26)23(27)29/h1-3,5-6,8-11,13,18H,4,7,12,14-15H2,(H,25,28). The second-order valence-electron chi connectivity index (χ2n) is 7.55. The number of fused-ring (bicyclic) bond motifs is 3. The fourth-order valence-electron chi connectivity index (χ4n) is 4.04. The lowest BCUT2D eigenvalue weighted by atomic mass is 10.1. The van der Waals surface area contributed by atoms with Crippen LogP contribution < -0.4 is 10.9 Å². The van der Waals surface area contributed by atoms with Crippen molar-refractivity contribution >= 4 is 22.6 Å². The van der Waals surface area contributed by atoms with E-state index in [1.165, 1.54) is 0 Å². The molecule has 1 unspecified atom stereocenters. The molecule has 0 spiro atoms. The molecule has 1 aliphatic rings. The zero-order chi connectivity index (χ0) is 20.5. The van der Waals surface area contributed by atoms with E-state index in [2.05, 4.69) is 10.3 Å². The van der Waals surface area contributed by atoms with Crippen LogP contribution in [0.5, 0.6) is 0 Å². The number of benzene rings is 1. The molecule has 1 saturated heterocycles. The van der Waals surface area contributed by atoms with E-state index in [1.54, 1.807) is 22.9 Å². The van der Waals surface area contributed by atoms with Gasteiger partial charge in [-0.3, -0.25) is 14.2 Å². The Labute approximate surface area is 172 Å². The van der Waals surface area contributed by atoms with Gasteiger partial charge in [-0.15, -0.1) is 0 Å². The molecular formula is C23H22N4O3. The predicted molar refractivity (Wildman–Crippen MR) is 114 cm³/mol. The Morgan fingerprint density at radius 3 is 2.93 bits per heavy atom. The summed E-state index contributed by atoms with van der Waals surface area (Å²) in [6.07, 6.45) is 5.67. The summed E-state index contributed by atoms with van der Waals surface area (Å²) in [7, 11) is 0. The van der Waals surface area contributed by atoms with Gasteiger partial charge in [0.2, 0.25) is 0 Å². The molecule has 3 aromatic heterocycles. The minimum atomic E-state index is -0.135. The molecule has 0 radical (unpaired) electrons. The van der Waals surface area contributed by atoms with Crippen molar-refractivity contribution in [3.05, 3.63) is 82.4 Å². The number of carbonyl (C=O) groups excluding carboxylic acids is 1. The maximum absolute atomic E-state index is 13.1. The van der Waals surface area contributed by atoms with Crippen LogP contribution >= 0.6 is 0 Å². The van der Waals surface area contributed by atoms with Crippen LogP contribution in [0.25, 0.3) is 16.7 Å². The summed E-state index contributed by atoms with van der Waals surface area (Å²) in [5.41, 5.74) is 3.40. The normalized spacial score (nSPS) is 16.3. The zero-order valence-electron chi connectivity index (χ0n) is 16.5. The quantitative estimate of drug-likeness (QED) is 0.557. The summed E-state index contributed by atoms with van der Waals surface area (Å²) < 4.78 is 9.08. The molecule has 0 saturated carbocycles. The van der Waals surface area contributed by atoms with E-state index in [-0.39, 0.29) is 17.6 Å². The molecular weight excluding hydrogens is 380 g/mol. The number of ether oxygens (including phenoxy) is 1. The van der Waals surface area contributed by atoms with E-state index >= 15 is 0 Å². The van der Waals surface area contributed by atoms with Crippen molar-refractivity contribution in [1.82, 2.24) is 19.3 Å². The van der Waals surface area contributed by atoms with Gasteiger partial charge in [-0.25, -0.2) is 4.98 Å². The summed E-state index contributed by atoms with van der Waals surface area (Å²) in [4.78, 5) is 30.1. The van der Waals surface area contributed by atoms with Crippen molar-refractivity contribution in [3.63, 3.8) is 0 Å². The second-order valence-corrected chi connectivity index (χ2v) is 7.55. The molecule has 30 heavy (non-hydrogen) atoms. The molecule has 0 bridgehead atoms. The number of hydrogen-bond acceptors (Lipinski definition) is 4. The number of rotatable bonds is 5. The van der Waals surface area contributed by atoms with E-state index in [9.17, 15) is 9.59 Å². The molecule has 4 aromatic rings. The van der Waals surface area contributed by atoms with E-state index < -0.39 is 0 Å². The number of aromatic nitrogens is 3. The molecule has 0 aliphatic carbocycles. The second kappa shape index (κ2) is 7.76. The van der Waals surface area contributed by atoms with Crippen molar-refractivity contribution in [3.8, 4) is 0 Å². The third kappa shape index (κ3) is 3.37. The Kier molecular flexibility index (Phi) is 4.80. The highest BCUT2D eigenvalue weighted by atomic mass is 16.5. The fourth-order valence-corrected chi connectivity index (χ4v) is 4.04. The van der Waals surface area contributed by atoms with Crippen LogP contribution in [0.1, 0.15) is 28.8 Å². The Morgan fingerprint density at radius 1 is 1.17 bits per heavy atom. The third-order valence-electron chi connectivity index (χ3n) is 5.54. The lowest BCUT2D eigenvalue weighted by Gasteiger charge is -2.13. The van der Waals surface area contributed by atoms with Gasteiger partial charge in [0.25, 0.3) is 11.5 Å². The van der Waals surface area contributed by atoms with Gasteiger partial charge in [-0.1, -0.05) is 12.1 Å². The third-order valence-corrected chi connectivity index (χ3v) is 5.54. The minimum Gasteiger partial charge on any atom is -0.376 e. The SMILES string of the molecule is O=C(NCC1CCCO1)c1cccc(Cn2c(=O)c3cccn3c3cccnc32)c1.